The van der Waals surface area contributed by atoms with Gasteiger partial charge in [-0.15, -0.1) is 0 Å². The number of hydrogen-bond acceptors (Lipinski definition) is 6. The van der Waals surface area contributed by atoms with Gasteiger partial charge in [0.1, 0.15) is 0 Å². The number of methoxy groups -OCH3 is 1. The predicted octanol–water partition coefficient (Wildman–Crippen LogP) is 1.12. The Labute approximate surface area is 141 Å². The van der Waals surface area contributed by atoms with Gasteiger partial charge >= 0.3 is 13.6 Å². The Morgan fingerprint density at radius 1 is 1.33 bits per heavy atom. The van der Waals surface area contributed by atoms with Crippen molar-refractivity contribution in [2.45, 2.75) is 37.5 Å². The van der Waals surface area contributed by atoms with Gasteiger partial charge in [-0.1, -0.05) is 0 Å². The van der Waals surface area contributed by atoms with E-state index in [1.54, 1.807) is 12.1 Å². The molecule has 8 heteroatoms. The molecule has 2 fully saturated rings. The van der Waals surface area contributed by atoms with Crippen LogP contribution in [0.5, 0.6) is 0 Å². The molecule has 1 unspecified atom stereocenters. The Morgan fingerprint density at radius 2 is 2.00 bits per heavy atom. The van der Waals surface area contributed by atoms with Gasteiger partial charge in [-0.05, 0) is 50.6 Å². The molecule has 132 valence electrons. The number of hydrogen-bond donors (Lipinski definition) is 2. The Hall–Kier alpha value is -1.40. The van der Waals surface area contributed by atoms with Crippen molar-refractivity contribution in [2.75, 3.05) is 19.9 Å². The topological polar surface area (TPSA) is 102 Å². The number of esters is 1. The first-order chi connectivity index (χ1) is 11.3. The highest BCUT2D eigenvalue weighted by Gasteiger charge is 2.51. The summed E-state index contributed by atoms with van der Waals surface area (Å²) in [4.78, 5) is 24.8. The molecule has 2 saturated heterocycles. The second kappa shape index (κ2) is 6.48. The van der Waals surface area contributed by atoms with Gasteiger partial charge in [0.05, 0.1) is 24.4 Å². The molecule has 0 aromatic heterocycles. The number of nitrogens with two attached hydrogens (primary N) is 1. The molecule has 3 N–H and O–H groups in total. The number of carbonyl (C=O) groups is 1. The number of anilines is 1. The summed E-state index contributed by atoms with van der Waals surface area (Å²) in [6.45, 7) is 0. The lowest BCUT2D eigenvalue weighted by Gasteiger charge is -2.41. The third-order valence-corrected chi connectivity index (χ3v) is 6.69. The average molecular weight is 354 g/mol. The van der Waals surface area contributed by atoms with Crippen LogP contribution in [-0.4, -0.2) is 48.1 Å². The SMILES string of the molecule is COC(=O)[C@H]1[C@@H](OP(=O)(O)c2ccc(N)cc2)C[C@@H]2CC[C@H]1N2C. The highest BCUT2D eigenvalue weighted by Crippen LogP contribution is 2.49. The summed E-state index contributed by atoms with van der Waals surface area (Å²) in [6.07, 6.45) is 1.70. The van der Waals surface area contributed by atoms with E-state index in [2.05, 4.69) is 4.90 Å². The molecule has 2 heterocycles. The maximum atomic E-state index is 12.7. The lowest BCUT2D eigenvalue weighted by molar-refractivity contribution is -0.154. The standard InChI is InChI=1S/C16H23N2O5P/c1-18-11-5-8-13(18)15(16(19)22-2)14(9-11)23-24(20,21)12-6-3-10(17)4-7-12/h3-4,6-7,11,13-15H,5,8-9,17H2,1-2H3,(H,20,21)/t11-,13+,14-,15+/m0/s1. The first kappa shape index (κ1) is 17.4. The maximum Gasteiger partial charge on any atom is 0.359 e. The molecule has 0 saturated carbocycles. The number of ether oxygens (including phenoxy) is 1. The van der Waals surface area contributed by atoms with Gasteiger partial charge in [-0.25, -0.2) is 0 Å². The van der Waals surface area contributed by atoms with E-state index in [0.717, 1.165) is 12.8 Å². The number of nitrogen functional groups attached to an aromatic ring is 1. The minimum atomic E-state index is -4.05. The van der Waals surface area contributed by atoms with E-state index in [-0.39, 0.29) is 17.4 Å². The van der Waals surface area contributed by atoms with Crippen LogP contribution < -0.4 is 11.0 Å². The number of rotatable bonds is 4. The van der Waals surface area contributed by atoms with Crippen LogP contribution >= 0.6 is 7.60 Å². The van der Waals surface area contributed by atoms with Crippen molar-refractivity contribution in [3.8, 4) is 0 Å². The van der Waals surface area contributed by atoms with Crippen LogP contribution in [-0.2, 0) is 18.6 Å². The molecular formula is C16H23N2O5P. The monoisotopic (exact) mass is 354 g/mol. The van der Waals surface area contributed by atoms with Gasteiger partial charge in [0.15, 0.2) is 0 Å². The maximum absolute atomic E-state index is 12.7. The lowest BCUT2D eigenvalue weighted by atomic mass is 9.88. The fourth-order valence-electron chi connectivity index (χ4n) is 3.88. The first-order valence-corrected chi connectivity index (χ1v) is 9.58. The van der Waals surface area contributed by atoms with Crippen molar-refractivity contribution in [2.24, 2.45) is 5.92 Å². The Bertz CT molecular complexity index is 665. The smallest absolute Gasteiger partial charge is 0.359 e. The van der Waals surface area contributed by atoms with Crippen molar-refractivity contribution < 1.29 is 23.5 Å². The molecule has 7 nitrogen and oxygen atoms in total. The van der Waals surface area contributed by atoms with Crippen molar-refractivity contribution in [3.05, 3.63) is 24.3 Å². The van der Waals surface area contributed by atoms with E-state index in [4.69, 9.17) is 15.0 Å². The number of nitrogens with zero attached hydrogens (tertiary/aromatic N) is 1. The second-order valence-electron chi connectivity index (χ2n) is 6.50. The van der Waals surface area contributed by atoms with Gasteiger partial charge in [0, 0.05) is 17.8 Å². The fourth-order valence-corrected chi connectivity index (χ4v) is 5.11. The van der Waals surface area contributed by atoms with Crippen LogP contribution in [0.15, 0.2) is 24.3 Å². The van der Waals surface area contributed by atoms with Crippen LogP contribution in [0.25, 0.3) is 0 Å². The van der Waals surface area contributed by atoms with Gasteiger partial charge in [0.2, 0.25) is 0 Å². The summed E-state index contributed by atoms with van der Waals surface area (Å²) in [5.41, 5.74) is 6.12. The van der Waals surface area contributed by atoms with Gasteiger partial charge < -0.3 is 19.9 Å². The van der Waals surface area contributed by atoms with E-state index in [9.17, 15) is 14.3 Å². The third-order valence-electron chi connectivity index (χ3n) is 5.19. The molecule has 3 rings (SSSR count). The Kier molecular flexibility index (Phi) is 4.71. The highest BCUT2D eigenvalue weighted by molar-refractivity contribution is 7.61. The zero-order valence-corrected chi connectivity index (χ0v) is 14.7. The normalized spacial score (nSPS) is 32.3. The van der Waals surface area contributed by atoms with Crippen LogP contribution in [0.3, 0.4) is 0 Å². The average Bonchev–Trinajstić information content (AvgIpc) is 2.78. The molecule has 0 radical (unpaired) electrons. The zero-order valence-electron chi connectivity index (χ0n) is 13.8. The van der Waals surface area contributed by atoms with E-state index in [0.29, 0.717) is 12.1 Å². The van der Waals surface area contributed by atoms with E-state index in [1.807, 2.05) is 7.05 Å². The molecule has 1 aromatic carbocycles. The molecule has 2 aliphatic heterocycles. The van der Waals surface area contributed by atoms with Crippen LogP contribution in [0, 0.1) is 5.92 Å². The van der Waals surface area contributed by atoms with Crippen molar-refractivity contribution >= 4 is 24.6 Å². The number of piperidine rings is 1. The van der Waals surface area contributed by atoms with Gasteiger partial charge in [-0.2, -0.15) is 0 Å². The summed E-state index contributed by atoms with van der Waals surface area (Å²) >= 11 is 0. The predicted molar refractivity (Wildman–Crippen MR) is 89.9 cm³/mol. The molecule has 0 spiro atoms. The van der Waals surface area contributed by atoms with Crippen LogP contribution in [0.4, 0.5) is 5.69 Å². The molecular weight excluding hydrogens is 331 g/mol. The number of carbonyl (C=O) groups excluding carboxylic acids is 1. The summed E-state index contributed by atoms with van der Waals surface area (Å²) in [5, 5.41) is 0.173. The van der Waals surface area contributed by atoms with E-state index >= 15 is 0 Å². The number of benzene rings is 1. The third kappa shape index (κ3) is 3.09. The summed E-state index contributed by atoms with van der Waals surface area (Å²) in [5.74, 6) is -0.956. The summed E-state index contributed by atoms with van der Waals surface area (Å²) in [7, 11) is -0.736. The number of fused-ring (bicyclic) bond motifs is 2. The minimum Gasteiger partial charge on any atom is -0.469 e. The second-order valence-corrected chi connectivity index (χ2v) is 8.27. The quantitative estimate of drug-likeness (QED) is 0.474. The fraction of sp³-hybridized carbons (Fsp3) is 0.562. The van der Waals surface area contributed by atoms with Crippen molar-refractivity contribution in [3.63, 3.8) is 0 Å². The lowest BCUT2D eigenvalue weighted by Crippen LogP contribution is -2.53. The van der Waals surface area contributed by atoms with E-state index < -0.39 is 25.6 Å². The molecule has 5 atom stereocenters. The molecule has 1 aromatic rings. The summed E-state index contributed by atoms with van der Waals surface area (Å²) in [6, 6.07) is 6.30. The Morgan fingerprint density at radius 3 is 2.62 bits per heavy atom. The molecule has 24 heavy (non-hydrogen) atoms. The minimum absolute atomic E-state index is 0.0207. The van der Waals surface area contributed by atoms with E-state index in [1.165, 1.54) is 19.2 Å². The molecule has 2 aliphatic rings. The molecule has 2 bridgehead atoms. The highest BCUT2D eigenvalue weighted by atomic mass is 31.2. The van der Waals surface area contributed by atoms with Gasteiger partial charge in [-0.3, -0.25) is 14.3 Å². The van der Waals surface area contributed by atoms with Crippen molar-refractivity contribution in [1.29, 1.82) is 0 Å². The largest absolute Gasteiger partial charge is 0.469 e. The molecule has 0 aliphatic carbocycles. The van der Waals surface area contributed by atoms with Gasteiger partial charge in [0.25, 0.3) is 0 Å². The summed E-state index contributed by atoms with van der Waals surface area (Å²) < 4.78 is 23.2. The van der Waals surface area contributed by atoms with Crippen LogP contribution in [0.2, 0.25) is 0 Å². The zero-order chi connectivity index (χ0) is 17.5. The van der Waals surface area contributed by atoms with Crippen LogP contribution in [0.1, 0.15) is 19.3 Å². The molecule has 0 amide bonds. The Balaban J connectivity index is 1.85. The first-order valence-electron chi connectivity index (χ1n) is 8.00. The van der Waals surface area contributed by atoms with Crippen molar-refractivity contribution in [1.82, 2.24) is 4.90 Å².